The molecule has 0 saturated heterocycles. The van der Waals surface area contributed by atoms with Crippen molar-refractivity contribution in [2.75, 3.05) is 12.4 Å². The lowest BCUT2D eigenvalue weighted by Gasteiger charge is -2.14. The number of halogens is 1. The van der Waals surface area contributed by atoms with Crippen molar-refractivity contribution in [3.05, 3.63) is 39.4 Å². The standard InChI is InChI=1S/C14H19ClN2O3/c1-3-11(6-7-15)9-16-14(18)13-8-12(17(19)20)5-4-10(13)2/h4-5,8,11H,3,6-7,9H2,1-2H3,(H,16,18). The topological polar surface area (TPSA) is 72.2 Å². The van der Waals surface area contributed by atoms with E-state index in [0.717, 1.165) is 18.4 Å². The molecular formula is C14H19ClN2O3. The van der Waals surface area contributed by atoms with E-state index in [4.69, 9.17) is 11.6 Å². The molecule has 0 heterocycles. The van der Waals surface area contributed by atoms with Crippen LogP contribution in [-0.2, 0) is 0 Å². The summed E-state index contributed by atoms with van der Waals surface area (Å²) in [5.74, 6) is 0.610. The number of nitro benzene ring substituents is 1. The van der Waals surface area contributed by atoms with Gasteiger partial charge in [-0.1, -0.05) is 19.4 Å². The number of carbonyl (C=O) groups is 1. The van der Waals surface area contributed by atoms with Crippen molar-refractivity contribution in [2.45, 2.75) is 26.7 Å². The van der Waals surface area contributed by atoms with E-state index in [1.54, 1.807) is 13.0 Å². The number of alkyl halides is 1. The molecule has 1 amide bonds. The predicted octanol–water partition coefficient (Wildman–Crippen LogP) is 3.29. The zero-order chi connectivity index (χ0) is 15.1. The molecule has 0 bridgehead atoms. The summed E-state index contributed by atoms with van der Waals surface area (Å²) in [5.41, 5.74) is 0.993. The zero-order valence-corrected chi connectivity index (χ0v) is 12.4. The normalized spacial score (nSPS) is 11.9. The summed E-state index contributed by atoms with van der Waals surface area (Å²) in [6, 6.07) is 4.30. The molecule has 20 heavy (non-hydrogen) atoms. The van der Waals surface area contributed by atoms with Gasteiger partial charge in [-0.25, -0.2) is 0 Å². The van der Waals surface area contributed by atoms with E-state index < -0.39 is 4.92 Å². The van der Waals surface area contributed by atoms with Gasteiger partial charge >= 0.3 is 0 Å². The van der Waals surface area contributed by atoms with Crippen molar-refractivity contribution in [1.82, 2.24) is 5.32 Å². The van der Waals surface area contributed by atoms with E-state index in [1.807, 2.05) is 6.92 Å². The molecule has 110 valence electrons. The average molecular weight is 299 g/mol. The molecule has 6 heteroatoms. The molecule has 0 aromatic heterocycles. The van der Waals surface area contributed by atoms with E-state index >= 15 is 0 Å². The van der Waals surface area contributed by atoms with E-state index in [1.165, 1.54) is 12.1 Å². The number of hydrogen-bond donors (Lipinski definition) is 1. The monoisotopic (exact) mass is 298 g/mol. The highest BCUT2D eigenvalue weighted by molar-refractivity contribution is 6.17. The maximum Gasteiger partial charge on any atom is 0.270 e. The van der Waals surface area contributed by atoms with E-state index in [2.05, 4.69) is 5.32 Å². The second kappa shape index (κ2) is 7.85. The number of amides is 1. The van der Waals surface area contributed by atoms with Gasteiger partial charge in [0.1, 0.15) is 0 Å². The molecule has 0 aliphatic carbocycles. The minimum Gasteiger partial charge on any atom is -0.352 e. The Labute approximate surface area is 123 Å². The molecule has 1 aromatic carbocycles. The summed E-state index contributed by atoms with van der Waals surface area (Å²) >= 11 is 5.70. The van der Waals surface area contributed by atoms with Crippen molar-refractivity contribution in [1.29, 1.82) is 0 Å². The van der Waals surface area contributed by atoms with Crippen LogP contribution in [-0.4, -0.2) is 23.3 Å². The second-order valence-electron chi connectivity index (χ2n) is 4.72. The Bertz CT molecular complexity index is 491. The fourth-order valence-corrected chi connectivity index (χ4v) is 2.21. The molecule has 0 fully saturated rings. The quantitative estimate of drug-likeness (QED) is 0.477. The third-order valence-corrected chi connectivity index (χ3v) is 3.54. The number of rotatable bonds is 7. The van der Waals surface area contributed by atoms with Gasteiger partial charge in [0.25, 0.3) is 11.6 Å². The van der Waals surface area contributed by atoms with Gasteiger partial charge in [-0.3, -0.25) is 14.9 Å². The Morgan fingerprint density at radius 2 is 2.20 bits per heavy atom. The van der Waals surface area contributed by atoms with Crippen molar-refractivity contribution in [2.24, 2.45) is 5.92 Å². The first-order valence-corrected chi connectivity index (χ1v) is 7.12. The Morgan fingerprint density at radius 1 is 1.50 bits per heavy atom. The number of aryl methyl sites for hydroxylation is 1. The van der Waals surface area contributed by atoms with Crippen LogP contribution in [0.15, 0.2) is 18.2 Å². The first kappa shape index (κ1) is 16.4. The van der Waals surface area contributed by atoms with E-state index in [-0.39, 0.29) is 11.6 Å². The van der Waals surface area contributed by atoms with E-state index in [0.29, 0.717) is 23.9 Å². The van der Waals surface area contributed by atoms with Gasteiger partial charge in [0, 0.05) is 30.1 Å². The summed E-state index contributed by atoms with van der Waals surface area (Å²) in [7, 11) is 0. The molecule has 0 radical (unpaired) electrons. The fourth-order valence-electron chi connectivity index (χ4n) is 1.91. The Kier molecular flexibility index (Phi) is 6.45. The third kappa shape index (κ3) is 4.49. The number of nitro groups is 1. The molecular weight excluding hydrogens is 280 g/mol. The lowest BCUT2D eigenvalue weighted by molar-refractivity contribution is -0.384. The first-order chi connectivity index (χ1) is 9.49. The molecule has 1 unspecified atom stereocenters. The highest BCUT2D eigenvalue weighted by atomic mass is 35.5. The Hall–Kier alpha value is -1.62. The minimum absolute atomic E-state index is 0.0754. The van der Waals surface area contributed by atoms with Gasteiger partial charge in [0.05, 0.1) is 4.92 Å². The zero-order valence-electron chi connectivity index (χ0n) is 11.7. The van der Waals surface area contributed by atoms with Gasteiger partial charge < -0.3 is 5.32 Å². The van der Waals surface area contributed by atoms with Gasteiger partial charge in [0.2, 0.25) is 0 Å². The largest absolute Gasteiger partial charge is 0.352 e. The van der Waals surface area contributed by atoms with Gasteiger partial charge in [-0.2, -0.15) is 0 Å². The number of non-ortho nitro benzene ring substituents is 1. The Morgan fingerprint density at radius 3 is 2.75 bits per heavy atom. The number of hydrogen-bond acceptors (Lipinski definition) is 3. The molecule has 1 rings (SSSR count). The average Bonchev–Trinajstić information content (AvgIpc) is 2.43. The van der Waals surface area contributed by atoms with E-state index in [9.17, 15) is 14.9 Å². The summed E-state index contributed by atoms with van der Waals surface area (Å²) in [6.07, 6.45) is 1.77. The SMILES string of the molecule is CCC(CCCl)CNC(=O)c1cc([N+](=O)[O-])ccc1C. The summed E-state index contributed by atoms with van der Waals surface area (Å²) in [6.45, 7) is 4.33. The molecule has 0 spiro atoms. The van der Waals surface area contributed by atoms with Crippen molar-refractivity contribution >= 4 is 23.2 Å². The number of benzene rings is 1. The molecule has 0 saturated carbocycles. The maximum atomic E-state index is 12.1. The number of nitrogens with zero attached hydrogens (tertiary/aromatic N) is 1. The Balaban J connectivity index is 2.76. The van der Waals surface area contributed by atoms with Gasteiger partial charge in [0.15, 0.2) is 0 Å². The lowest BCUT2D eigenvalue weighted by Crippen LogP contribution is -2.29. The maximum absolute atomic E-state index is 12.1. The summed E-state index contributed by atoms with van der Waals surface area (Å²) in [4.78, 5) is 22.3. The van der Waals surface area contributed by atoms with Crippen molar-refractivity contribution < 1.29 is 9.72 Å². The molecule has 0 aliphatic rings. The predicted molar refractivity (Wildman–Crippen MR) is 79.3 cm³/mol. The number of carbonyl (C=O) groups excluding carboxylic acids is 1. The van der Waals surface area contributed by atoms with Crippen LogP contribution in [0.5, 0.6) is 0 Å². The van der Waals surface area contributed by atoms with Crippen LogP contribution in [0.3, 0.4) is 0 Å². The number of nitrogens with one attached hydrogen (secondary N) is 1. The van der Waals surface area contributed by atoms with Gasteiger partial charge in [-0.15, -0.1) is 11.6 Å². The molecule has 1 atom stereocenters. The highest BCUT2D eigenvalue weighted by Gasteiger charge is 2.15. The van der Waals surface area contributed by atoms with Crippen molar-refractivity contribution in [3.8, 4) is 0 Å². The molecule has 1 aromatic rings. The van der Waals surface area contributed by atoms with Crippen molar-refractivity contribution in [3.63, 3.8) is 0 Å². The summed E-state index contributed by atoms with van der Waals surface area (Å²) in [5, 5.41) is 13.6. The minimum atomic E-state index is -0.501. The van der Waals surface area contributed by atoms with Crippen LogP contribution in [0.4, 0.5) is 5.69 Å². The molecule has 5 nitrogen and oxygen atoms in total. The smallest absolute Gasteiger partial charge is 0.270 e. The molecule has 0 aliphatic heterocycles. The van der Waals surface area contributed by atoms with Crippen LogP contribution >= 0.6 is 11.6 Å². The van der Waals surface area contributed by atoms with Crippen LogP contribution in [0.1, 0.15) is 35.7 Å². The molecule has 1 N–H and O–H groups in total. The summed E-state index contributed by atoms with van der Waals surface area (Å²) < 4.78 is 0. The third-order valence-electron chi connectivity index (χ3n) is 3.32. The van der Waals surface area contributed by atoms with Crippen LogP contribution in [0, 0.1) is 23.0 Å². The van der Waals surface area contributed by atoms with Gasteiger partial charge in [-0.05, 0) is 24.8 Å². The second-order valence-corrected chi connectivity index (χ2v) is 5.10. The van der Waals surface area contributed by atoms with Crippen LogP contribution in [0.25, 0.3) is 0 Å². The first-order valence-electron chi connectivity index (χ1n) is 6.58. The fraction of sp³-hybridized carbons (Fsp3) is 0.500. The highest BCUT2D eigenvalue weighted by Crippen LogP contribution is 2.17. The van der Waals surface area contributed by atoms with Crippen LogP contribution in [0.2, 0.25) is 0 Å². The van der Waals surface area contributed by atoms with Crippen LogP contribution < -0.4 is 5.32 Å². The lowest BCUT2D eigenvalue weighted by atomic mass is 10.0.